The van der Waals surface area contributed by atoms with Crippen LogP contribution in [0.3, 0.4) is 0 Å². The lowest BCUT2D eigenvalue weighted by molar-refractivity contribution is 0.138. The lowest BCUT2D eigenvalue weighted by atomic mass is 10.00. The van der Waals surface area contributed by atoms with Gasteiger partial charge in [0.25, 0.3) is 0 Å². The van der Waals surface area contributed by atoms with Gasteiger partial charge in [-0.1, -0.05) is 0 Å². The number of hydrogen-bond donors (Lipinski definition) is 1. The molecule has 0 radical (unpaired) electrons. The summed E-state index contributed by atoms with van der Waals surface area (Å²) in [5.41, 5.74) is 7.50. The van der Waals surface area contributed by atoms with E-state index < -0.39 is 0 Å². The number of ether oxygens (including phenoxy) is 3. The summed E-state index contributed by atoms with van der Waals surface area (Å²) in [6.45, 7) is 3.79. The minimum Gasteiger partial charge on any atom is -0.486 e. The van der Waals surface area contributed by atoms with Gasteiger partial charge in [-0.25, -0.2) is 0 Å². The second-order valence-electron chi connectivity index (χ2n) is 5.45. The van der Waals surface area contributed by atoms with Gasteiger partial charge in [-0.3, -0.25) is 4.90 Å². The van der Waals surface area contributed by atoms with Crippen molar-refractivity contribution < 1.29 is 14.2 Å². The maximum Gasteiger partial charge on any atom is 0.175 e. The average molecular weight is 357 g/mol. The smallest absolute Gasteiger partial charge is 0.175 e. The van der Waals surface area contributed by atoms with E-state index in [0.29, 0.717) is 13.2 Å². The third-order valence-electron chi connectivity index (χ3n) is 4.09. The molecule has 0 amide bonds. The van der Waals surface area contributed by atoms with Crippen LogP contribution < -0.4 is 15.2 Å². The molecule has 0 bridgehead atoms. The number of likely N-dealkylation sites (tertiary alicyclic amines) is 1. The molecule has 1 aromatic rings. The largest absolute Gasteiger partial charge is 0.486 e. The van der Waals surface area contributed by atoms with Crippen molar-refractivity contribution >= 4 is 15.9 Å². The molecule has 1 fully saturated rings. The van der Waals surface area contributed by atoms with E-state index in [0.717, 1.165) is 42.1 Å². The first-order valence-electron chi connectivity index (χ1n) is 7.28. The monoisotopic (exact) mass is 356 g/mol. The molecule has 21 heavy (non-hydrogen) atoms. The Hall–Kier alpha value is -0.820. The lowest BCUT2D eigenvalue weighted by Crippen LogP contribution is -2.33. The molecule has 2 unspecified atom stereocenters. The molecule has 2 N–H and O–H groups in total. The Morgan fingerprint density at radius 1 is 1.38 bits per heavy atom. The van der Waals surface area contributed by atoms with Gasteiger partial charge < -0.3 is 19.9 Å². The van der Waals surface area contributed by atoms with Gasteiger partial charge in [-0.05, 0) is 40.0 Å². The van der Waals surface area contributed by atoms with Crippen LogP contribution in [0.2, 0.25) is 0 Å². The summed E-state index contributed by atoms with van der Waals surface area (Å²) in [5, 5.41) is 0. The van der Waals surface area contributed by atoms with E-state index in [1.165, 1.54) is 5.56 Å². The van der Waals surface area contributed by atoms with Gasteiger partial charge in [-0.2, -0.15) is 0 Å². The minimum absolute atomic E-state index is 0.135. The van der Waals surface area contributed by atoms with Crippen LogP contribution in [0.4, 0.5) is 0 Å². The zero-order chi connectivity index (χ0) is 14.8. The molecular formula is C15H21BrN2O3. The van der Waals surface area contributed by atoms with Gasteiger partial charge in [0, 0.05) is 26.2 Å². The van der Waals surface area contributed by atoms with Crippen molar-refractivity contribution in [2.75, 3.05) is 40.0 Å². The summed E-state index contributed by atoms with van der Waals surface area (Å²) in [7, 11) is 1.73. The highest BCUT2D eigenvalue weighted by Crippen LogP contribution is 2.42. The number of methoxy groups -OCH3 is 1. The molecule has 0 aliphatic carbocycles. The summed E-state index contributed by atoms with van der Waals surface area (Å²) in [6, 6.07) is 4.50. The summed E-state index contributed by atoms with van der Waals surface area (Å²) >= 11 is 3.58. The first-order chi connectivity index (χ1) is 10.2. The van der Waals surface area contributed by atoms with Crippen LogP contribution in [0.1, 0.15) is 18.0 Å². The first-order valence-corrected chi connectivity index (χ1v) is 8.07. The Kier molecular flexibility index (Phi) is 4.69. The SMILES string of the molecule is COCCN1CCC(N)C1c1cc(Br)c2c(c1)OCCO2. The number of rotatable bonds is 4. The van der Waals surface area contributed by atoms with Crippen LogP contribution in [0, 0.1) is 0 Å². The van der Waals surface area contributed by atoms with Gasteiger partial charge in [-0.15, -0.1) is 0 Å². The third-order valence-corrected chi connectivity index (χ3v) is 4.68. The predicted octanol–water partition coefficient (Wildman–Crippen LogP) is 1.94. The van der Waals surface area contributed by atoms with Crippen molar-refractivity contribution in [3.63, 3.8) is 0 Å². The lowest BCUT2D eigenvalue weighted by Gasteiger charge is -2.28. The first kappa shape index (κ1) is 15.1. The third kappa shape index (κ3) is 3.04. The summed E-state index contributed by atoms with van der Waals surface area (Å²) in [5.74, 6) is 1.59. The van der Waals surface area contributed by atoms with Gasteiger partial charge in [0.2, 0.25) is 0 Å². The fourth-order valence-electron chi connectivity index (χ4n) is 3.10. The number of halogens is 1. The molecule has 116 valence electrons. The topological polar surface area (TPSA) is 57.0 Å². The van der Waals surface area contributed by atoms with Crippen molar-refractivity contribution in [3.8, 4) is 11.5 Å². The molecule has 2 aliphatic rings. The van der Waals surface area contributed by atoms with Crippen molar-refractivity contribution in [2.45, 2.75) is 18.5 Å². The summed E-state index contributed by atoms with van der Waals surface area (Å²) < 4.78 is 17.5. The van der Waals surface area contributed by atoms with Crippen LogP contribution in [-0.2, 0) is 4.74 Å². The van der Waals surface area contributed by atoms with Crippen molar-refractivity contribution in [2.24, 2.45) is 5.73 Å². The van der Waals surface area contributed by atoms with E-state index in [9.17, 15) is 0 Å². The molecule has 3 rings (SSSR count). The standard InChI is InChI=1S/C15H21BrN2O3/c1-19-5-4-18-3-2-12(17)14(18)10-8-11(16)15-13(9-10)20-6-7-21-15/h8-9,12,14H,2-7,17H2,1H3. The fourth-order valence-corrected chi connectivity index (χ4v) is 3.68. The molecule has 1 saturated heterocycles. The number of nitrogens with zero attached hydrogens (tertiary/aromatic N) is 1. The maximum atomic E-state index is 6.33. The van der Waals surface area contributed by atoms with E-state index in [4.69, 9.17) is 19.9 Å². The molecule has 2 heterocycles. The van der Waals surface area contributed by atoms with Crippen molar-refractivity contribution in [1.82, 2.24) is 4.90 Å². The van der Waals surface area contributed by atoms with E-state index in [2.05, 4.69) is 33.0 Å². The second-order valence-corrected chi connectivity index (χ2v) is 6.31. The Morgan fingerprint density at radius 3 is 3.00 bits per heavy atom. The van der Waals surface area contributed by atoms with Crippen LogP contribution in [0.25, 0.3) is 0 Å². The second kappa shape index (κ2) is 6.52. The van der Waals surface area contributed by atoms with E-state index in [1.807, 2.05) is 0 Å². The Balaban J connectivity index is 1.89. The van der Waals surface area contributed by atoms with Gasteiger partial charge in [0.15, 0.2) is 11.5 Å². The zero-order valence-corrected chi connectivity index (χ0v) is 13.8. The number of hydrogen-bond acceptors (Lipinski definition) is 5. The van der Waals surface area contributed by atoms with Gasteiger partial charge in [0.1, 0.15) is 13.2 Å². The number of nitrogens with two attached hydrogens (primary N) is 1. The highest BCUT2D eigenvalue weighted by Gasteiger charge is 2.34. The summed E-state index contributed by atoms with van der Waals surface area (Å²) in [4.78, 5) is 2.38. The van der Waals surface area contributed by atoms with Crippen molar-refractivity contribution in [3.05, 3.63) is 22.2 Å². The molecule has 1 aromatic carbocycles. The van der Waals surface area contributed by atoms with Crippen LogP contribution in [0.15, 0.2) is 16.6 Å². The molecule has 2 aliphatic heterocycles. The Labute approximate surface area is 133 Å². The van der Waals surface area contributed by atoms with Gasteiger partial charge >= 0.3 is 0 Å². The molecule has 5 nitrogen and oxygen atoms in total. The predicted molar refractivity (Wildman–Crippen MR) is 83.9 cm³/mol. The normalized spacial score (nSPS) is 25.3. The Bertz CT molecular complexity index is 512. The molecular weight excluding hydrogens is 336 g/mol. The van der Waals surface area contributed by atoms with Crippen molar-refractivity contribution in [1.29, 1.82) is 0 Å². The highest BCUT2D eigenvalue weighted by atomic mass is 79.9. The molecule has 0 saturated carbocycles. The summed E-state index contributed by atoms with van der Waals surface area (Å²) in [6.07, 6.45) is 1.00. The van der Waals surface area contributed by atoms with Crippen LogP contribution in [-0.4, -0.2) is 51.0 Å². The zero-order valence-electron chi connectivity index (χ0n) is 12.2. The van der Waals surface area contributed by atoms with E-state index in [1.54, 1.807) is 7.11 Å². The molecule has 2 atom stereocenters. The molecule has 6 heteroatoms. The minimum atomic E-state index is 0.135. The number of benzene rings is 1. The average Bonchev–Trinajstić information content (AvgIpc) is 2.86. The molecule has 0 spiro atoms. The van der Waals surface area contributed by atoms with E-state index in [-0.39, 0.29) is 12.1 Å². The van der Waals surface area contributed by atoms with Crippen LogP contribution >= 0.6 is 15.9 Å². The highest BCUT2D eigenvalue weighted by molar-refractivity contribution is 9.10. The van der Waals surface area contributed by atoms with Crippen LogP contribution in [0.5, 0.6) is 11.5 Å². The van der Waals surface area contributed by atoms with Gasteiger partial charge in [0.05, 0.1) is 17.1 Å². The maximum absolute atomic E-state index is 6.33. The molecule has 0 aromatic heterocycles. The van der Waals surface area contributed by atoms with E-state index >= 15 is 0 Å². The quantitative estimate of drug-likeness (QED) is 0.893. The fraction of sp³-hybridized carbons (Fsp3) is 0.600. The Morgan fingerprint density at radius 2 is 2.19 bits per heavy atom. The number of fused-ring (bicyclic) bond motifs is 1.